The maximum atomic E-state index is 10.6. The summed E-state index contributed by atoms with van der Waals surface area (Å²) < 4.78 is 0. The van der Waals surface area contributed by atoms with E-state index >= 15 is 0 Å². The van der Waals surface area contributed by atoms with E-state index in [2.05, 4.69) is 22.5 Å². The Balaban J connectivity index is 0. The zero-order valence-electron chi connectivity index (χ0n) is 5.38. The first-order valence-electron chi connectivity index (χ1n) is 2.58. The van der Waals surface area contributed by atoms with Crippen LogP contribution < -0.4 is 5.48 Å². The molecule has 3 nitrogen and oxygen atoms in total. The van der Waals surface area contributed by atoms with Crippen LogP contribution in [0.2, 0.25) is 0 Å². The summed E-state index contributed by atoms with van der Waals surface area (Å²) in [4.78, 5) is 15.0. The van der Waals surface area contributed by atoms with Crippen LogP contribution in [0.25, 0.3) is 0 Å². The molecule has 0 aliphatic heterocycles. The van der Waals surface area contributed by atoms with Crippen molar-refractivity contribution in [2.24, 2.45) is 5.92 Å². The molecule has 0 aliphatic carbocycles. The molecule has 0 fully saturated rings. The highest BCUT2D eigenvalue weighted by atomic mass is 32.1. The Morgan fingerprint density at radius 1 is 1.89 bits per heavy atom. The first-order valence-corrected chi connectivity index (χ1v) is 3.05. The van der Waals surface area contributed by atoms with Gasteiger partial charge in [-0.2, -0.15) is 0 Å². The zero-order valence-corrected chi connectivity index (χ0v) is 6.20. The van der Waals surface area contributed by atoms with Crippen molar-refractivity contribution in [3.63, 3.8) is 0 Å². The molecule has 0 atom stereocenters. The van der Waals surface area contributed by atoms with Crippen molar-refractivity contribution < 1.29 is 11.1 Å². The van der Waals surface area contributed by atoms with E-state index in [0.717, 1.165) is 5.49 Å². The number of hydrogen-bond donors (Lipinski definition) is 1. The molecular weight excluding hydrogens is 138 g/mol. The Labute approximate surface area is 60.8 Å². The summed E-state index contributed by atoms with van der Waals surface area (Å²) in [6, 6.07) is 0. The van der Waals surface area contributed by atoms with Gasteiger partial charge in [0.05, 0.1) is 11.4 Å². The molecule has 0 aliphatic rings. The Kier molecular flexibility index (Phi) is 3.96. The maximum Gasteiger partial charge on any atom is 0.334 e. The van der Waals surface area contributed by atoms with Crippen molar-refractivity contribution in [1.29, 1.82) is 0 Å². The number of hydroxylamine groups is 1. The highest BCUT2D eigenvalue weighted by Crippen LogP contribution is 1.92. The van der Waals surface area contributed by atoms with Crippen LogP contribution in [-0.2, 0) is 9.63 Å². The molecular formula is C5H11NO2S. The minimum atomic E-state index is -0.309. The fraction of sp³-hybridized carbons (Fsp3) is 0.600. The summed E-state index contributed by atoms with van der Waals surface area (Å²) in [5, 5.41) is 0. The number of nitrogens with one attached hydrogen (secondary N) is 1. The van der Waals surface area contributed by atoms with Gasteiger partial charge in [-0.25, -0.2) is 10.3 Å². The van der Waals surface area contributed by atoms with Crippen molar-refractivity contribution in [2.45, 2.75) is 13.8 Å². The second-order valence-corrected chi connectivity index (χ2v) is 2.05. The average molecular weight is 151 g/mol. The first kappa shape index (κ1) is 8.36. The van der Waals surface area contributed by atoms with Crippen LogP contribution >= 0.6 is 12.2 Å². The van der Waals surface area contributed by atoms with Crippen LogP contribution in [0.5, 0.6) is 0 Å². The Hall–Kier alpha value is -0.640. The summed E-state index contributed by atoms with van der Waals surface area (Å²) in [6.45, 7) is 3.49. The lowest BCUT2D eigenvalue weighted by molar-refractivity contribution is -0.151. The lowest BCUT2D eigenvalue weighted by Gasteiger charge is -2.02. The largest absolute Gasteiger partial charge is 0.343 e. The van der Waals surface area contributed by atoms with Gasteiger partial charge in [0.2, 0.25) is 0 Å². The van der Waals surface area contributed by atoms with E-state index in [4.69, 9.17) is 0 Å². The molecule has 0 bridgehead atoms. The van der Waals surface area contributed by atoms with Crippen LogP contribution in [0.3, 0.4) is 0 Å². The van der Waals surface area contributed by atoms with Crippen LogP contribution in [0, 0.1) is 5.92 Å². The lowest BCUT2D eigenvalue weighted by atomic mass is 10.2. The maximum absolute atomic E-state index is 10.6. The van der Waals surface area contributed by atoms with Gasteiger partial charge in [0.1, 0.15) is 0 Å². The van der Waals surface area contributed by atoms with E-state index in [9.17, 15) is 4.79 Å². The molecule has 54 valence electrons. The van der Waals surface area contributed by atoms with E-state index in [0.29, 0.717) is 0 Å². The molecule has 0 heterocycles. The molecule has 0 aromatic carbocycles. The average Bonchev–Trinajstić information content (AvgIpc) is 1.82. The predicted molar refractivity (Wildman–Crippen MR) is 39.8 cm³/mol. The fourth-order valence-corrected chi connectivity index (χ4v) is 0.248. The van der Waals surface area contributed by atoms with Crippen LogP contribution in [-0.4, -0.2) is 11.5 Å². The molecule has 0 saturated carbocycles. The monoisotopic (exact) mass is 151 g/mol. The number of carbonyl (C=O) groups excluding carboxylic acids is 1. The van der Waals surface area contributed by atoms with Gasteiger partial charge in [0.15, 0.2) is 0 Å². The molecule has 0 spiro atoms. The van der Waals surface area contributed by atoms with Gasteiger partial charge in [0.25, 0.3) is 0 Å². The molecule has 0 amide bonds. The molecule has 0 radical (unpaired) electrons. The van der Waals surface area contributed by atoms with Crippen LogP contribution in [0.1, 0.15) is 15.3 Å². The molecule has 0 unspecified atom stereocenters. The minimum Gasteiger partial charge on any atom is -0.343 e. The summed E-state index contributed by atoms with van der Waals surface area (Å²) >= 11 is 4.34. The third-order valence-electron chi connectivity index (χ3n) is 0.679. The van der Waals surface area contributed by atoms with Crippen molar-refractivity contribution in [1.82, 2.24) is 5.48 Å². The molecule has 0 aromatic heterocycles. The van der Waals surface area contributed by atoms with E-state index in [-0.39, 0.29) is 13.3 Å². The highest BCUT2D eigenvalue weighted by molar-refractivity contribution is 7.78. The Morgan fingerprint density at radius 3 is 2.78 bits per heavy atom. The second kappa shape index (κ2) is 4.26. The topological polar surface area (TPSA) is 38.3 Å². The zero-order chi connectivity index (χ0) is 7.28. The minimum absolute atomic E-state index is 0. The van der Waals surface area contributed by atoms with Crippen molar-refractivity contribution in [3.8, 4) is 0 Å². The van der Waals surface area contributed by atoms with Gasteiger partial charge in [-0.3, -0.25) is 0 Å². The van der Waals surface area contributed by atoms with Gasteiger partial charge in [-0.15, -0.1) is 0 Å². The molecule has 0 saturated heterocycles. The van der Waals surface area contributed by atoms with E-state index in [1.165, 1.54) is 0 Å². The number of carbonyl (C=O) groups is 1. The van der Waals surface area contributed by atoms with Gasteiger partial charge in [-0.05, 0) is 0 Å². The lowest BCUT2D eigenvalue weighted by Crippen LogP contribution is -2.20. The molecule has 1 N–H and O–H groups in total. The standard InChI is InChI=1S/C5H9NO2S.H2/c1-4(2)5(7)8-6-3-9;/h3-4H,1-2H3,(H,6,9);1H/i;1+2. The quantitative estimate of drug-likeness (QED) is 0.480. The number of thiocarbonyl (C=S) groups is 1. The fourth-order valence-electron chi connectivity index (χ4n) is 0.200. The van der Waals surface area contributed by atoms with Crippen LogP contribution in [0.15, 0.2) is 0 Å². The van der Waals surface area contributed by atoms with Crippen molar-refractivity contribution in [3.05, 3.63) is 0 Å². The van der Waals surface area contributed by atoms with E-state index in [1.54, 1.807) is 13.8 Å². The van der Waals surface area contributed by atoms with Crippen molar-refractivity contribution >= 4 is 23.7 Å². The second-order valence-electron chi connectivity index (χ2n) is 1.81. The molecule has 0 rings (SSSR count). The van der Waals surface area contributed by atoms with Crippen molar-refractivity contribution in [2.75, 3.05) is 0 Å². The normalized spacial score (nSPS) is 8.78. The third kappa shape index (κ3) is 3.90. The summed E-state index contributed by atoms with van der Waals surface area (Å²) in [5.74, 6) is -0.427. The Morgan fingerprint density at radius 2 is 2.44 bits per heavy atom. The van der Waals surface area contributed by atoms with E-state index < -0.39 is 0 Å². The highest BCUT2D eigenvalue weighted by Gasteiger charge is 2.06. The SMILES string of the molecule is CC(C)C(=O)ONC=S.[3HH]. The van der Waals surface area contributed by atoms with Gasteiger partial charge in [0, 0.05) is 1.43 Å². The third-order valence-corrected chi connectivity index (χ3v) is 0.775. The smallest absolute Gasteiger partial charge is 0.334 e. The van der Waals surface area contributed by atoms with Crippen LogP contribution in [0.4, 0.5) is 0 Å². The van der Waals surface area contributed by atoms with Gasteiger partial charge in [-0.1, -0.05) is 26.1 Å². The number of hydrogen-bond acceptors (Lipinski definition) is 3. The predicted octanol–water partition coefficient (Wildman–Crippen LogP) is 0.893. The number of rotatable bonds is 3. The Bertz CT molecular complexity index is 118. The molecule has 0 aromatic rings. The first-order chi connectivity index (χ1) is 4.18. The summed E-state index contributed by atoms with van der Waals surface area (Å²) in [5.41, 5.74) is 3.31. The molecule has 4 heteroatoms. The van der Waals surface area contributed by atoms with Gasteiger partial charge < -0.3 is 4.84 Å². The van der Waals surface area contributed by atoms with E-state index in [1.807, 2.05) is 0 Å². The summed E-state index contributed by atoms with van der Waals surface area (Å²) in [6.07, 6.45) is 0. The summed E-state index contributed by atoms with van der Waals surface area (Å²) in [7, 11) is 0. The van der Waals surface area contributed by atoms with Gasteiger partial charge >= 0.3 is 5.97 Å². The molecule has 9 heavy (non-hydrogen) atoms.